The highest BCUT2D eigenvalue weighted by atomic mass is 79.9. The Morgan fingerprint density at radius 2 is 2.35 bits per heavy atom. The lowest BCUT2D eigenvalue weighted by molar-refractivity contribution is 0.102. The number of nitrogens with zero attached hydrogens (tertiary/aromatic N) is 3. The second-order valence-electron chi connectivity index (χ2n) is 3.17. The van der Waals surface area contributed by atoms with Gasteiger partial charge in [0.1, 0.15) is 6.33 Å². The van der Waals surface area contributed by atoms with E-state index < -0.39 is 0 Å². The second kappa shape index (κ2) is 5.64. The fourth-order valence-corrected chi connectivity index (χ4v) is 4.77. The van der Waals surface area contributed by atoms with Crippen LogP contribution in [0.5, 0.6) is 0 Å². The van der Waals surface area contributed by atoms with Gasteiger partial charge < -0.3 is 4.57 Å². The molecule has 8 heteroatoms. The number of ketones is 1. The van der Waals surface area contributed by atoms with Crippen molar-refractivity contribution in [2.45, 2.75) is 5.16 Å². The number of Topliss-reactive ketones (excluding diaryl/α,β-unsaturated/α-hetero) is 1. The lowest BCUT2D eigenvalue weighted by Crippen LogP contribution is -2.02. The van der Waals surface area contributed by atoms with E-state index in [1.54, 1.807) is 10.9 Å². The molecule has 0 N–H and O–H groups in total. The van der Waals surface area contributed by atoms with Crippen LogP contribution >= 0.6 is 55.0 Å². The van der Waals surface area contributed by atoms with Crippen LogP contribution < -0.4 is 0 Å². The maximum Gasteiger partial charge on any atom is 0.191 e. The minimum Gasteiger partial charge on any atom is -0.312 e. The third-order valence-corrected chi connectivity index (χ3v) is 5.33. The molecule has 2 aromatic rings. The number of aromatic nitrogens is 3. The highest BCUT2D eigenvalue weighted by Gasteiger charge is 2.15. The first kappa shape index (κ1) is 13.3. The summed E-state index contributed by atoms with van der Waals surface area (Å²) in [6.07, 6.45) is 1.61. The minimum absolute atomic E-state index is 0.0758. The van der Waals surface area contributed by atoms with Gasteiger partial charge in [0, 0.05) is 12.6 Å². The summed E-state index contributed by atoms with van der Waals surface area (Å²) in [7, 11) is 1.85. The van der Waals surface area contributed by atoms with Crippen LogP contribution in [0.4, 0.5) is 0 Å². The topological polar surface area (TPSA) is 47.8 Å². The molecule has 2 rings (SSSR count). The lowest BCUT2D eigenvalue weighted by Gasteiger charge is -1.99. The Kier molecular flexibility index (Phi) is 4.40. The molecule has 2 aromatic heterocycles. The Morgan fingerprint density at radius 3 is 2.88 bits per heavy atom. The Balaban J connectivity index is 2.03. The molecule has 90 valence electrons. The molecule has 0 amide bonds. The van der Waals surface area contributed by atoms with Gasteiger partial charge in [-0.3, -0.25) is 4.79 Å². The summed E-state index contributed by atoms with van der Waals surface area (Å²) in [6, 6.07) is 1.83. The van der Waals surface area contributed by atoms with Gasteiger partial charge in [-0.05, 0) is 37.9 Å². The number of thioether (sulfide) groups is 1. The van der Waals surface area contributed by atoms with E-state index in [4.69, 9.17) is 0 Å². The number of hydrogen-bond acceptors (Lipinski definition) is 5. The Labute approximate surface area is 123 Å². The van der Waals surface area contributed by atoms with Crippen molar-refractivity contribution in [2.24, 2.45) is 7.05 Å². The first-order chi connectivity index (χ1) is 8.08. The normalized spacial score (nSPS) is 10.8. The molecule has 0 radical (unpaired) electrons. The highest BCUT2D eigenvalue weighted by molar-refractivity contribution is 9.12. The molecule has 0 saturated heterocycles. The Morgan fingerprint density at radius 1 is 1.59 bits per heavy atom. The fraction of sp³-hybridized carbons (Fsp3) is 0.222. The smallest absolute Gasteiger partial charge is 0.191 e. The molecular weight excluding hydrogens is 390 g/mol. The van der Waals surface area contributed by atoms with Crippen molar-refractivity contribution in [1.29, 1.82) is 0 Å². The summed E-state index contributed by atoms with van der Waals surface area (Å²) in [5, 5.41) is 8.41. The summed E-state index contributed by atoms with van der Waals surface area (Å²) in [6.45, 7) is 0. The van der Waals surface area contributed by atoms with E-state index in [2.05, 4.69) is 42.1 Å². The Bertz CT molecular complexity index is 552. The summed E-state index contributed by atoms with van der Waals surface area (Å²) in [5.41, 5.74) is 0.705. The van der Waals surface area contributed by atoms with Crippen LogP contribution in [0.2, 0.25) is 0 Å². The van der Waals surface area contributed by atoms with Crippen molar-refractivity contribution >= 4 is 60.7 Å². The van der Waals surface area contributed by atoms with Crippen molar-refractivity contribution < 1.29 is 4.79 Å². The van der Waals surface area contributed by atoms with E-state index in [0.29, 0.717) is 11.3 Å². The summed E-state index contributed by atoms with van der Waals surface area (Å²) < 4.78 is 3.58. The van der Waals surface area contributed by atoms with Gasteiger partial charge in [-0.2, -0.15) is 0 Å². The average molecular weight is 397 g/mol. The zero-order valence-electron chi connectivity index (χ0n) is 8.68. The van der Waals surface area contributed by atoms with E-state index in [1.807, 2.05) is 13.1 Å². The van der Waals surface area contributed by atoms with E-state index in [-0.39, 0.29) is 5.78 Å². The zero-order chi connectivity index (χ0) is 12.4. The molecule has 0 aliphatic heterocycles. The van der Waals surface area contributed by atoms with E-state index in [0.717, 1.165) is 12.7 Å². The van der Waals surface area contributed by atoms with Gasteiger partial charge in [0.05, 0.1) is 13.3 Å². The van der Waals surface area contributed by atoms with Crippen molar-refractivity contribution in [3.05, 3.63) is 25.5 Å². The van der Waals surface area contributed by atoms with Gasteiger partial charge in [0.2, 0.25) is 0 Å². The standard InChI is InChI=1S/C9H7Br2N3OS2/c1-14-4-12-13-9(14)16-3-6(15)5-2-7(10)17-8(5)11/h2,4H,3H2,1H3. The van der Waals surface area contributed by atoms with Crippen LogP contribution in [0.25, 0.3) is 0 Å². The van der Waals surface area contributed by atoms with Gasteiger partial charge in [0.25, 0.3) is 0 Å². The van der Waals surface area contributed by atoms with Gasteiger partial charge in [-0.15, -0.1) is 21.5 Å². The number of carbonyl (C=O) groups excluding carboxylic acids is 1. The number of carbonyl (C=O) groups is 1. The maximum atomic E-state index is 12.0. The predicted octanol–water partition coefficient (Wildman–Crippen LogP) is 3.38. The molecule has 0 fully saturated rings. The minimum atomic E-state index is 0.0758. The molecule has 2 heterocycles. The van der Waals surface area contributed by atoms with E-state index in [1.165, 1.54) is 23.1 Å². The highest BCUT2D eigenvalue weighted by Crippen LogP contribution is 2.32. The van der Waals surface area contributed by atoms with E-state index in [9.17, 15) is 4.79 Å². The largest absolute Gasteiger partial charge is 0.312 e. The first-order valence-corrected chi connectivity index (χ1v) is 7.91. The number of aryl methyl sites for hydroxylation is 1. The van der Waals surface area contributed by atoms with Gasteiger partial charge >= 0.3 is 0 Å². The number of halogens is 2. The summed E-state index contributed by atoms with van der Waals surface area (Å²) >= 11 is 9.61. The maximum absolute atomic E-state index is 12.0. The third-order valence-electron chi connectivity index (χ3n) is 1.96. The summed E-state index contributed by atoms with van der Waals surface area (Å²) in [4.78, 5) is 12.0. The zero-order valence-corrected chi connectivity index (χ0v) is 13.5. The second-order valence-corrected chi connectivity index (χ2v) is 7.87. The molecule has 0 aromatic carbocycles. The molecule has 0 saturated carbocycles. The number of rotatable bonds is 4. The van der Waals surface area contributed by atoms with Crippen molar-refractivity contribution in [3.63, 3.8) is 0 Å². The van der Waals surface area contributed by atoms with Crippen LogP contribution in [0.15, 0.2) is 25.1 Å². The van der Waals surface area contributed by atoms with Crippen LogP contribution in [-0.2, 0) is 7.05 Å². The van der Waals surface area contributed by atoms with Crippen molar-refractivity contribution in [1.82, 2.24) is 14.8 Å². The van der Waals surface area contributed by atoms with Crippen molar-refractivity contribution in [3.8, 4) is 0 Å². The molecule has 0 aliphatic rings. The summed E-state index contributed by atoms with van der Waals surface area (Å²) in [5.74, 6) is 0.431. The molecule has 0 unspecified atom stereocenters. The van der Waals surface area contributed by atoms with Crippen LogP contribution in [0.1, 0.15) is 10.4 Å². The fourth-order valence-electron chi connectivity index (χ4n) is 1.14. The molecule has 4 nitrogen and oxygen atoms in total. The monoisotopic (exact) mass is 395 g/mol. The first-order valence-electron chi connectivity index (χ1n) is 4.52. The van der Waals surface area contributed by atoms with Gasteiger partial charge in [-0.1, -0.05) is 11.8 Å². The van der Waals surface area contributed by atoms with E-state index >= 15 is 0 Å². The Hall–Kier alpha value is -0.180. The van der Waals surface area contributed by atoms with Gasteiger partial charge in [-0.25, -0.2) is 0 Å². The van der Waals surface area contributed by atoms with Crippen LogP contribution in [-0.4, -0.2) is 26.3 Å². The number of thiophene rings is 1. The predicted molar refractivity (Wildman–Crippen MR) is 75.8 cm³/mol. The molecule has 0 spiro atoms. The molecule has 0 atom stereocenters. The number of hydrogen-bond donors (Lipinski definition) is 0. The molecule has 17 heavy (non-hydrogen) atoms. The van der Waals surface area contributed by atoms with Crippen LogP contribution in [0.3, 0.4) is 0 Å². The van der Waals surface area contributed by atoms with Crippen LogP contribution in [0, 0.1) is 0 Å². The SMILES string of the molecule is Cn1cnnc1SCC(=O)c1cc(Br)sc1Br. The third kappa shape index (κ3) is 3.18. The molecule has 0 bridgehead atoms. The van der Waals surface area contributed by atoms with Gasteiger partial charge in [0.15, 0.2) is 10.9 Å². The molecule has 0 aliphatic carbocycles. The lowest BCUT2D eigenvalue weighted by atomic mass is 10.2. The van der Waals surface area contributed by atoms with Crippen molar-refractivity contribution in [2.75, 3.05) is 5.75 Å². The quantitative estimate of drug-likeness (QED) is 0.587. The molecular formula is C9H7Br2N3OS2. The average Bonchev–Trinajstić information content (AvgIpc) is 2.81.